The van der Waals surface area contributed by atoms with Gasteiger partial charge >= 0.3 is 0 Å². The highest BCUT2D eigenvalue weighted by Gasteiger charge is 2.20. The monoisotopic (exact) mass is 466 g/mol. The third-order valence-electron chi connectivity index (χ3n) is 5.54. The Morgan fingerprint density at radius 2 is 1.58 bits per heavy atom. The van der Waals surface area contributed by atoms with Crippen molar-refractivity contribution in [3.05, 3.63) is 88.5 Å². The predicted octanol–water partition coefficient (Wildman–Crippen LogP) is 5.30. The Balaban J connectivity index is 1.79. The lowest BCUT2D eigenvalue weighted by Gasteiger charge is -2.16. The third kappa shape index (κ3) is 5.93. The van der Waals surface area contributed by atoms with Gasteiger partial charge in [0.15, 0.2) is 0 Å². The molecule has 2 N–H and O–H groups in total. The summed E-state index contributed by atoms with van der Waals surface area (Å²) < 4.78 is 34.2. The van der Waals surface area contributed by atoms with Crippen LogP contribution < -0.4 is 14.8 Å². The van der Waals surface area contributed by atoms with E-state index in [1.54, 1.807) is 31.2 Å². The Kier molecular flexibility index (Phi) is 7.43. The van der Waals surface area contributed by atoms with Crippen LogP contribution in [0.2, 0.25) is 0 Å². The van der Waals surface area contributed by atoms with E-state index in [2.05, 4.69) is 10.0 Å². The molecule has 1 amide bonds. The minimum absolute atomic E-state index is 0.0714. The standard InChI is InChI=1S/C26H30N2O4S/c1-6-32-24-13-10-21(11-14-24)20(5)27-26(29)22-9-7-18(3)25(16-22)33(30,31)28-23-12-8-17(2)19(4)15-23/h7-16,20,28H,6H2,1-5H3,(H,27,29)/t20-/m0/s1. The van der Waals surface area contributed by atoms with Gasteiger partial charge in [-0.1, -0.05) is 24.3 Å². The van der Waals surface area contributed by atoms with E-state index in [0.29, 0.717) is 17.9 Å². The van der Waals surface area contributed by atoms with Crippen LogP contribution in [0.15, 0.2) is 65.6 Å². The Morgan fingerprint density at radius 3 is 2.21 bits per heavy atom. The Labute approximate surface area is 196 Å². The first-order valence-electron chi connectivity index (χ1n) is 10.8. The van der Waals surface area contributed by atoms with Gasteiger partial charge in [-0.05, 0) is 93.3 Å². The maximum absolute atomic E-state index is 13.1. The molecule has 33 heavy (non-hydrogen) atoms. The number of amides is 1. The summed E-state index contributed by atoms with van der Waals surface area (Å²) in [4.78, 5) is 12.9. The van der Waals surface area contributed by atoms with Gasteiger partial charge < -0.3 is 10.1 Å². The number of hydrogen-bond donors (Lipinski definition) is 2. The zero-order valence-electron chi connectivity index (χ0n) is 19.6. The molecule has 0 fully saturated rings. The maximum atomic E-state index is 13.1. The molecule has 0 aliphatic rings. The fourth-order valence-electron chi connectivity index (χ4n) is 3.43. The molecule has 0 heterocycles. The molecule has 0 unspecified atom stereocenters. The molecule has 174 valence electrons. The molecular weight excluding hydrogens is 436 g/mol. The number of carbonyl (C=O) groups excluding carboxylic acids is 1. The molecule has 0 spiro atoms. The van der Waals surface area contributed by atoms with Crippen molar-refractivity contribution in [2.24, 2.45) is 0 Å². The van der Waals surface area contributed by atoms with E-state index in [1.165, 1.54) is 6.07 Å². The summed E-state index contributed by atoms with van der Waals surface area (Å²) in [7, 11) is -3.86. The second-order valence-electron chi connectivity index (χ2n) is 8.08. The average molecular weight is 467 g/mol. The van der Waals surface area contributed by atoms with Gasteiger partial charge in [0.1, 0.15) is 5.75 Å². The second kappa shape index (κ2) is 10.1. The molecule has 0 aromatic heterocycles. The second-order valence-corrected chi connectivity index (χ2v) is 9.73. The molecule has 0 saturated heterocycles. The largest absolute Gasteiger partial charge is 0.494 e. The van der Waals surface area contributed by atoms with Crippen LogP contribution in [0.1, 0.15) is 52.5 Å². The van der Waals surface area contributed by atoms with Crippen molar-refractivity contribution in [1.29, 1.82) is 0 Å². The van der Waals surface area contributed by atoms with Gasteiger partial charge in [-0.2, -0.15) is 0 Å². The summed E-state index contributed by atoms with van der Waals surface area (Å²) in [6, 6.07) is 17.3. The summed E-state index contributed by atoms with van der Waals surface area (Å²) in [6.45, 7) is 9.98. The molecule has 3 aromatic carbocycles. The molecule has 0 bridgehead atoms. The highest BCUT2D eigenvalue weighted by Crippen LogP contribution is 2.23. The topological polar surface area (TPSA) is 84.5 Å². The molecule has 3 rings (SSSR count). The van der Waals surface area contributed by atoms with Gasteiger partial charge in [0.2, 0.25) is 0 Å². The van der Waals surface area contributed by atoms with Crippen molar-refractivity contribution in [3.63, 3.8) is 0 Å². The average Bonchev–Trinajstić information content (AvgIpc) is 2.77. The van der Waals surface area contributed by atoms with Crippen molar-refractivity contribution in [2.75, 3.05) is 11.3 Å². The van der Waals surface area contributed by atoms with Crippen LogP contribution in [0.5, 0.6) is 5.75 Å². The lowest BCUT2D eigenvalue weighted by Crippen LogP contribution is -2.27. The Bertz CT molecular complexity index is 1250. The highest BCUT2D eigenvalue weighted by molar-refractivity contribution is 7.92. The van der Waals surface area contributed by atoms with Crippen LogP contribution in [0.3, 0.4) is 0 Å². The number of benzene rings is 3. The number of sulfonamides is 1. The first-order chi connectivity index (χ1) is 15.6. The van der Waals surface area contributed by atoms with Crippen molar-refractivity contribution in [3.8, 4) is 5.75 Å². The van der Waals surface area contributed by atoms with Crippen LogP contribution in [0.4, 0.5) is 5.69 Å². The van der Waals surface area contributed by atoms with Crippen LogP contribution in [-0.4, -0.2) is 20.9 Å². The minimum Gasteiger partial charge on any atom is -0.494 e. The zero-order chi connectivity index (χ0) is 24.2. The molecule has 1 atom stereocenters. The van der Waals surface area contributed by atoms with E-state index in [9.17, 15) is 13.2 Å². The molecule has 0 radical (unpaired) electrons. The van der Waals surface area contributed by atoms with Crippen molar-refractivity contribution < 1.29 is 17.9 Å². The van der Waals surface area contributed by atoms with Gasteiger partial charge in [0.05, 0.1) is 17.5 Å². The lowest BCUT2D eigenvalue weighted by atomic mass is 10.1. The van der Waals surface area contributed by atoms with Crippen LogP contribution in [-0.2, 0) is 10.0 Å². The fourth-order valence-corrected chi connectivity index (χ4v) is 4.75. The minimum atomic E-state index is -3.86. The number of rotatable bonds is 8. The molecule has 0 saturated carbocycles. The van der Waals surface area contributed by atoms with E-state index in [0.717, 1.165) is 22.4 Å². The normalized spacial score (nSPS) is 12.2. The third-order valence-corrected chi connectivity index (χ3v) is 7.06. The number of hydrogen-bond acceptors (Lipinski definition) is 4. The maximum Gasteiger partial charge on any atom is 0.262 e. The quantitative estimate of drug-likeness (QED) is 0.472. The number of anilines is 1. The van der Waals surface area contributed by atoms with Gasteiger partial charge in [0.25, 0.3) is 15.9 Å². The molecular formula is C26H30N2O4S. The van der Waals surface area contributed by atoms with Crippen molar-refractivity contribution >= 4 is 21.6 Å². The summed E-state index contributed by atoms with van der Waals surface area (Å²) in [5, 5.41) is 2.93. The van der Waals surface area contributed by atoms with E-state index in [-0.39, 0.29) is 22.4 Å². The first kappa shape index (κ1) is 24.3. The van der Waals surface area contributed by atoms with Gasteiger partial charge in [-0.25, -0.2) is 8.42 Å². The molecule has 7 heteroatoms. The number of carbonyl (C=O) groups is 1. The number of aryl methyl sites for hydroxylation is 3. The zero-order valence-corrected chi connectivity index (χ0v) is 20.4. The summed E-state index contributed by atoms with van der Waals surface area (Å²) in [6.07, 6.45) is 0. The highest BCUT2D eigenvalue weighted by atomic mass is 32.2. The van der Waals surface area contributed by atoms with Gasteiger partial charge in [-0.15, -0.1) is 0 Å². The van der Waals surface area contributed by atoms with Crippen molar-refractivity contribution in [1.82, 2.24) is 5.32 Å². The van der Waals surface area contributed by atoms with E-state index in [1.807, 2.05) is 58.0 Å². The predicted molar refractivity (Wildman–Crippen MR) is 131 cm³/mol. The van der Waals surface area contributed by atoms with E-state index >= 15 is 0 Å². The summed E-state index contributed by atoms with van der Waals surface area (Å²) in [5.41, 5.74) is 4.30. The lowest BCUT2D eigenvalue weighted by molar-refractivity contribution is 0.0939. The van der Waals surface area contributed by atoms with Gasteiger partial charge in [-0.3, -0.25) is 9.52 Å². The number of ether oxygens (including phenoxy) is 1. The Morgan fingerprint density at radius 1 is 0.909 bits per heavy atom. The molecule has 6 nitrogen and oxygen atoms in total. The molecule has 3 aromatic rings. The van der Waals surface area contributed by atoms with E-state index < -0.39 is 10.0 Å². The first-order valence-corrected chi connectivity index (χ1v) is 12.3. The molecule has 0 aliphatic carbocycles. The van der Waals surface area contributed by atoms with Crippen LogP contribution >= 0.6 is 0 Å². The van der Waals surface area contributed by atoms with Crippen LogP contribution in [0.25, 0.3) is 0 Å². The molecule has 0 aliphatic heterocycles. The SMILES string of the molecule is CCOc1ccc([C@H](C)NC(=O)c2ccc(C)c(S(=O)(=O)Nc3ccc(C)c(C)c3)c2)cc1. The summed E-state index contributed by atoms with van der Waals surface area (Å²) in [5.74, 6) is 0.420. The van der Waals surface area contributed by atoms with Gasteiger partial charge in [0, 0.05) is 11.3 Å². The fraction of sp³-hybridized carbons (Fsp3) is 0.269. The number of nitrogens with one attached hydrogen (secondary N) is 2. The Hall–Kier alpha value is -3.32. The smallest absolute Gasteiger partial charge is 0.262 e. The summed E-state index contributed by atoms with van der Waals surface area (Å²) >= 11 is 0. The van der Waals surface area contributed by atoms with Crippen LogP contribution in [0, 0.1) is 20.8 Å². The van der Waals surface area contributed by atoms with E-state index in [4.69, 9.17) is 4.74 Å². The van der Waals surface area contributed by atoms with Crippen molar-refractivity contribution in [2.45, 2.75) is 45.6 Å².